The van der Waals surface area contributed by atoms with Crippen molar-refractivity contribution in [2.24, 2.45) is 0 Å². The van der Waals surface area contributed by atoms with Gasteiger partial charge in [0.15, 0.2) is 0 Å². The van der Waals surface area contributed by atoms with Crippen LogP contribution in [0.25, 0.3) is 0 Å². The molecule has 0 saturated carbocycles. The van der Waals surface area contributed by atoms with Gasteiger partial charge in [0.25, 0.3) is 0 Å². The van der Waals surface area contributed by atoms with Gasteiger partial charge in [0, 0.05) is 18.0 Å². The Bertz CT molecular complexity index is 370. The van der Waals surface area contributed by atoms with Crippen LogP contribution in [-0.4, -0.2) is 35.2 Å². The third-order valence-electron chi connectivity index (χ3n) is 2.72. The van der Waals surface area contributed by atoms with Gasteiger partial charge in [0.2, 0.25) is 0 Å². The Morgan fingerprint density at radius 3 is 2.75 bits per heavy atom. The van der Waals surface area contributed by atoms with Gasteiger partial charge in [-0.05, 0) is 31.9 Å². The molecule has 2 amide bonds. The SMILES string of the molecule is Cc1ccc(NC(=O)N2CCC(O)CC2)s1. The van der Waals surface area contributed by atoms with E-state index in [0.29, 0.717) is 25.9 Å². The van der Waals surface area contributed by atoms with Crippen molar-refractivity contribution in [2.75, 3.05) is 18.4 Å². The van der Waals surface area contributed by atoms with Crippen LogP contribution in [0, 0.1) is 6.92 Å². The molecule has 1 aromatic heterocycles. The van der Waals surface area contributed by atoms with Crippen molar-refractivity contribution in [1.29, 1.82) is 0 Å². The van der Waals surface area contributed by atoms with Crippen molar-refractivity contribution in [3.05, 3.63) is 17.0 Å². The van der Waals surface area contributed by atoms with E-state index in [-0.39, 0.29) is 12.1 Å². The van der Waals surface area contributed by atoms with Gasteiger partial charge >= 0.3 is 6.03 Å². The summed E-state index contributed by atoms with van der Waals surface area (Å²) in [7, 11) is 0. The number of aryl methyl sites for hydroxylation is 1. The Kier molecular flexibility index (Phi) is 3.46. The molecule has 0 atom stereocenters. The molecule has 0 aromatic carbocycles. The molecule has 1 fully saturated rings. The number of hydrogen-bond donors (Lipinski definition) is 2. The highest BCUT2D eigenvalue weighted by atomic mass is 32.1. The average Bonchev–Trinajstić information content (AvgIpc) is 2.65. The van der Waals surface area contributed by atoms with E-state index in [1.54, 1.807) is 16.2 Å². The summed E-state index contributed by atoms with van der Waals surface area (Å²) in [5.74, 6) is 0. The Morgan fingerprint density at radius 1 is 1.50 bits per heavy atom. The Labute approximate surface area is 98.9 Å². The number of nitrogens with one attached hydrogen (secondary N) is 1. The van der Waals surface area contributed by atoms with Gasteiger partial charge in [-0.1, -0.05) is 0 Å². The maximum absolute atomic E-state index is 11.8. The molecule has 0 radical (unpaired) electrons. The summed E-state index contributed by atoms with van der Waals surface area (Å²) in [6, 6.07) is 3.84. The van der Waals surface area contributed by atoms with E-state index in [0.717, 1.165) is 5.00 Å². The number of aliphatic hydroxyl groups excluding tert-OH is 1. The van der Waals surface area contributed by atoms with E-state index >= 15 is 0 Å². The molecule has 16 heavy (non-hydrogen) atoms. The van der Waals surface area contributed by atoms with Crippen molar-refractivity contribution in [3.63, 3.8) is 0 Å². The van der Waals surface area contributed by atoms with E-state index in [9.17, 15) is 9.90 Å². The van der Waals surface area contributed by atoms with Gasteiger partial charge in [-0.25, -0.2) is 4.79 Å². The van der Waals surface area contributed by atoms with Crippen molar-refractivity contribution in [3.8, 4) is 0 Å². The van der Waals surface area contributed by atoms with E-state index in [2.05, 4.69) is 5.32 Å². The normalized spacial score (nSPS) is 17.5. The van der Waals surface area contributed by atoms with E-state index in [1.165, 1.54) is 4.88 Å². The molecule has 0 aliphatic carbocycles. The number of hydrogen-bond acceptors (Lipinski definition) is 3. The van der Waals surface area contributed by atoms with Crippen LogP contribution in [0.5, 0.6) is 0 Å². The first-order valence-corrected chi connectivity index (χ1v) is 6.27. The Balaban J connectivity index is 1.88. The smallest absolute Gasteiger partial charge is 0.322 e. The number of urea groups is 1. The molecule has 2 heterocycles. The quantitative estimate of drug-likeness (QED) is 0.789. The summed E-state index contributed by atoms with van der Waals surface area (Å²) in [6.07, 6.45) is 1.11. The molecule has 2 rings (SSSR count). The number of thiophene rings is 1. The fourth-order valence-corrected chi connectivity index (χ4v) is 2.51. The summed E-state index contributed by atoms with van der Waals surface area (Å²) >= 11 is 1.57. The minimum absolute atomic E-state index is 0.0613. The lowest BCUT2D eigenvalue weighted by atomic mass is 10.1. The number of carbonyl (C=O) groups is 1. The van der Waals surface area contributed by atoms with Gasteiger partial charge in [0.1, 0.15) is 0 Å². The molecule has 1 aliphatic rings. The first kappa shape index (κ1) is 11.4. The molecule has 4 nitrogen and oxygen atoms in total. The standard InChI is InChI=1S/C11H16N2O2S/c1-8-2-3-10(16-8)12-11(15)13-6-4-9(14)5-7-13/h2-3,9,14H,4-7H2,1H3,(H,12,15). The van der Waals surface area contributed by atoms with Gasteiger partial charge < -0.3 is 10.0 Å². The summed E-state index contributed by atoms with van der Waals surface area (Å²) in [5, 5.41) is 13.1. The molecule has 1 aromatic rings. The van der Waals surface area contributed by atoms with Gasteiger partial charge in [0.05, 0.1) is 11.1 Å². The maximum Gasteiger partial charge on any atom is 0.322 e. The molecule has 1 aliphatic heterocycles. The van der Waals surface area contributed by atoms with E-state index < -0.39 is 0 Å². The molecule has 5 heteroatoms. The zero-order valence-corrected chi connectivity index (χ0v) is 10.1. The van der Waals surface area contributed by atoms with Gasteiger partial charge in [-0.2, -0.15) is 0 Å². The zero-order chi connectivity index (χ0) is 11.5. The van der Waals surface area contributed by atoms with Crippen molar-refractivity contribution < 1.29 is 9.90 Å². The summed E-state index contributed by atoms with van der Waals surface area (Å²) in [5.41, 5.74) is 0. The highest BCUT2D eigenvalue weighted by Crippen LogP contribution is 2.21. The molecule has 0 spiro atoms. The summed E-state index contributed by atoms with van der Waals surface area (Å²) in [6.45, 7) is 3.28. The third kappa shape index (κ3) is 2.74. The van der Waals surface area contributed by atoms with Crippen LogP contribution in [0.2, 0.25) is 0 Å². The van der Waals surface area contributed by atoms with Crippen LogP contribution in [0.4, 0.5) is 9.80 Å². The van der Waals surface area contributed by atoms with Crippen molar-refractivity contribution >= 4 is 22.4 Å². The van der Waals surface area contributed by atoms with E-state index in [1.807, 2.05) is 19.1 Å². The highest BCUT2D eigenvalue weighted by Gasteiger charge is 2.21. The second kappa shape index (κ2) is 4.84. The van der Waals surface area contributed by atoms with Crippen molar-refractivity contribution in [2.45, 2.75) is 25.9 Å². The number of anilines is 1. The lowest BCUT2D eigenvalue weighted by Crippen LogP contribution is -2.42. The van der Waals surface area contributed by atoms with Crippen LogP contribution < -0.4 is 5.32 Å². The largest absolute Gasteiger partial charge is 0.393 e. The number of amides is 2. The van der Waals surface area contributed by atoms with Crippen molar-refractivity contribution in [1.82, 2.24) is 4.90 Å². The lowest BCUT2D eigenvalue weighted by Gasteiger charge is -2.29. The fraction of sp³-hybridized carbons (Fsp3) is 0.545. The number of likely N-dealkylation sites (tertiary alicyclic amines) is 1. The molecule has 2 N–H and O–H groups in total. The second-order valence-corrected chi connectivity index (χ2v) is 5.35. The minimum atomic E-state index is -0.243. The number of aliphatic hydroxyl groups is 1. The van der Waals surface area contributed by atoms with Crippen LogP contribution in [-0.2, 0) is 0 Å². The number of piperidine rings is 1. The second-order valence-electron chi connectivity index (χ2n) is 4.06. The predicted molar refractivity (Wildman–Crippen MR) is 64.9 cm³/mol. The minimum Gasteiger partial charge on any atom is -0.393 e. The van der Waals surface area contributed by atoms with Crippen LogP contribution in [0.3, 0.4) is 0 Å². The molecule has 0 bridgehead atoms. The molecular weight excluding hydrogens is 224 g/mol. The van der Waals surface area contributed by atoms with Crippen LogP contribution in [0.15, 0.2) is 12.1 Å². The highest BCUT2D eigenvalue weighted by molar-refractivity contribution is 7.16. The first-order chi connectivity index (χ1) is 7.65. The van der Waals surface area contributed by atoms with Gasteiger partial charge in [-0.15, -0.1) is 11.3 Å². The third-order valence-corrected chi connectivity index (χ3v) is 3.64. The van der Waals surface area contributed by atoms with Crippen LogP contribution in [0.1, 0.15) is 17.7 Å². The first-order valence-electron chi connectivity index (χ1n) is 5.45. The fourth-order valence-electron chi connectivity index (χ4n) is 1.76. The maximum atomic E-state index is 11.8. The van der Waals surface area contributed by atoms with Crippen LogP contribution >= 0.6 is 11.3 Å². The predicted octanol–water partition coefficient (Wildman–Crippen LogP) is 2.05. The topological polar surface area (TPSA) is 52.6 Å². The van der Waals surface area contributed by atoms with Gasteiger partial charge in [-0.3, -0.25) is 5.32 Å². The number of rotatable bonds is 1. The Morgan fingerprint density at radius 2 is 2.19 bits per heavy atom. The average molecular weight is 240 g/mol. The Hall–Kier alpha value is -1.07. The van der Waals surface area contributed by atoms with E-state index in [4.69, 9.17) is 0 Å². The zero-order valence-electron chi connectivity index (χ0n) is 9.27. The monoisotopic (exact) mass is 240 g/mol. The summed E-state index contributed by atoms with van der Waals surface area (Å²) < 4.78 is 0. The molecule has 1 saturated heterocycles. The molecule has 88 valence electrons. The lowest BCUT2D eigenvalue weighted by molar-refractivity contribution is 0.0972. The summed E-state index contributed by atoms with van der Waals surface area (Å²) in [4.78, 5) is 14.8. The molecule has 0 unspecified atom stereocenters. The molecular formula is C11H16N2O2S. The number of nitrogens with zero attached hydrogens (tertiary/aromatic N) is 1. The number of carbonyl (C=O) groups excluding carboxylic acids is 1.